The predicted molar refractivity (Wildman–Crippen MR) is 78.3 cm³/mol. The van der Waals surface area contributed by atoms with Crippen LogP contribution in [0.15, 0.2) is 34.7 Å². The summed E-state index contributed by atoms with van der Waals surface area (Å²) in [6.07, 6.45) is 0.916. The number of nitrogens with zero attached hydrogens (tertiary/aromatic N) is 1. The van der Waals surface area contributed by atoms with Crippen LogP contribution in [-0.4, -0.2) is 28.0 Å². The van der Waals surface area contributed by atoms with Crippen molar-refractivity contribution in [2.75, 3.05) is 0 Å². The molecule has 1 aromatic heterocycles. The van der Waals surface area contributed by atoms with Gasteiger partial charge in [0, 0.05) is 11.6 Å². The predicted octanol–water partition coefficient (Wildman–Crippen LogP) is 2.24. The third-order valence-electron chi connectivity index (χ3n) is 3.85. The zero-order valence-corrected chi connectivity index (χ0v) is 12.1. The first-order valence-corrected chi connectivity index (χ1v) is 7.11. The van der Waals surface area contributed by atoms with E-state index in [2.05, 4.69) is 10.3 Å². The Bertz CT molecular complexity index is 702. The highest BCUT2D eigenvalue weighted by molar-refractivity contribution is 5.93. The van der Waals surface area contributed by atoms with E-state index >= 15 is 0 Å². The van der Waals surface area contributed by atoms with Gasteiger partial charge in [0.15, 0.2) is 0 Å². The molecule has 0 aliphatic heterocycles. The molecule has 1 aliphatic carbocycles. The highest BCUT2D eigenvalue weighted by Gasteiger charge is 2.36. The van der Waals surface area contributed by atoms with Crippen LogP contribution in [0.25, 0.3) is 11.5 Å². The van der Waals surface area contributed by atoms with Gasteiger partial charge in [0.2, 0.25) is 11.7 Å². The molecule has 0 radical (unpaired) electrons. The number of nitrogens with one attached hydrogen (secondary N) is 1. The molecular weight excluding hydrogens is 284 g/mol. The lowest BCUT2D eigenvalue weighted by molar-refractivity contribution is -0.145. The van der Waals surface area contributed by atoms with E-state index in [0.717, 1.165) is 5.56 Å². The monoisotopic (exact) mass is 300 g/mol. The van der Waals surface area contributed by atoms with Crippen LogP contribution in [0, 0.1) is 12.8 Å². The molecule has 6 heteroatoms. The first-order valence-electron chi connectivity index (χ1n) is 7.11. The number of hydrogen-bond acceptors (Lipinski definition) is 4. The van der Waals surface area contributed by atoms with Gasteiger partial charge in [-0.05, 0) is 31.9 Å². The first-order chi connectivity index (χ1) is 10.5. The number of aliphatic carboxylic acids is 1. The van der Waals surface area contributed by atoms with E-state index in [0.29, 0.717) is 24.4 Å². The number of carboxylic acid groups (broad SMARTS) is 1. The van der Waals surface area contributed by atoms with Gasteiger partial charge in [0.25, 0.3) is 5.91 Å². The molecule has 0 bridgehead atoms. The molecule has 2 aromatic rings. The van der Waals surface area contributed by atoms with Crippen LogP contribution in [0.1, 0.15) is 29.1 Å². The third kappa shape index (κ3) is 2.72. The molecular formula is C16H16N2O4. The average Bonchev–Trinajstić information content (AvgIpc) is 2.85. The lowest BCUT2D eigenvalue weighted by Gasteiger charge is -2.32. The number of hydrogen-bond donors (Lipinski definition) is 2. The van der Waals surface area contributed by atoms with E-state index in [1.54, 1.807) is 6.92 Å². The molecule has 1 heterocycles. The summed E-state index contributed by atoms with van der Waals surface area (Å²) in [5, 5.41) is 11.6. The summed E-state index contributed by atoms with van der Waals surface area (Å²) in [7, 11) is 0. The number of amides is 1. The van der Waals surface area contributed by atoms with Gasteiger partial charge in [-0.15, -0.1) is 0 Å². The minimum atomic E-state index is -0.812. The average molecular weight is 300 g/mol. The first kappa shape index (κ1) is 14.3. The topological polar surface area (TPSA) is 92.4 Å². The van der Waals surface area contributed by atoms with Crippen molar-refractivity contribution in [3.8, 4) is 11.5 Å². The van der Waals surface area contributed by atoms with Crippen LogP contribution in [-0.2, 0) is 4.79 Å². The van der Waals surface area contributed by atoms with Crippen molar-refractivity contribution in [1.29, 1.82) is 0 Å². The lowest BCUT2D eigenvalue weighted by atomic mass is 9.80. The zero-order valence-electron chi connectivity index (χ0n) is 12.1. The molecule has 0 unspecified atom stereocenters. The Kier molecular flexibility index (Phi) is 3.66. The van der Waals surface area contributed by atoms with E-state index in [1.807, 2.05) is 30.3 Å². The molecule has 0 atom stereocenters. The van der Waals surface area contributed by atoms with Crippen LogP contribution in [0.2, 0.25) is 0 Å². The maximum atomic E-state index is 12.2. The van der Waals surface area contributed by atoms with Crippen LogP contribution in [0.4, 0.5) is 0 Å². The highest BCUT2D eigenvalue weighted by atomic mass is 16.4. The fraction of sp³-hybridized carbons (Fsp3) is 0.312. The SMILES string of the molecule is Cc1nc(-c2ccccc2)oc1C(=O)NC1CC(C(=O)O)C1. The summed E-state index contributed by atoms with van der Waals surface area (Å²) < 4.78 is 5.57. The van der Waals surface area contributed by atoms with E-state index in [1.165, 1.54) is 0 Å². The number of rotatable bonds is 4. The van der Waals surface area contributed by atoms with Crippen LogP contribution in [0.5, 0.6) is 0 Å². The van der Waals surface area contributed by atoms with Crippen molar-refractivity contribution >= 4 is 11.9 Å². The lowest BCUT2D eigenvalue weighted by Crippen LogP contribution is -2.46. The summed E-state index contributed by atoms with van der Waals surface area (Å²) in [5.74, 6) is -0.937. The standard InChI is InChI=1S/C16H16N2O4/c1-9-13(14(19)18-12-7-11(8-12)16(20)21)22-15(17-9)10-5-3-2-4-6-10/h2-6,11-12H,7-8H2,1H3,(H,18,19)(H,20,21). The molecule has 1 aliphatic rings. The van der Waals surface area contributed by atoms with E-state index in [4.69, 9.17) is 9.52 Å². The van der Waals surface area contributed by atoms with Crippen molar-refractivity contribution in [1.82, 2.24) is 10.3 Å². The van der Waals surface area contributed by atoms with Gasteiger partial charge < -0.3 is 14.8 Å². The molecule has 0 spiro atoms. The van der Waals surface area contributed by atoms with Crippen LogP contribution in [0.3, 0.4) is 0 Å². The number of carboxylic acids is 1. The largest absolute Gasteiger partial charge is 0.481 e. The van der Waals surface area contributed by atoms with Gasteiger partial charge in [-0.2, -0.15) is 0 Å². The summed E-state index contributed by atoms with van der Waals surface area (Å²) >= 11 is 0. The number of oxazole rings is 1. The quantitative estimate of drug-likeness (QED) is 0.903. The maximum absolute atomic E-state index is 12.2. The molecule has 0 saturated heterocycles. The Balaban J connectivity index is 1.69. The Labute approximate surface area is 127 Å². The fourth-order valence-corrected chi connectivity index (χ4v) is 2.50. The molecule has 6 nitrogen and oxygen atoms in total. The summed E-state index contributed by atoms with van der Waals surface area (Å²) in [6.45, 7) is 1.71. The summed E-state index contributed by atoms with van der Waals surface area (Å²) in [4.78, 5) is 27.2. The van der Waals surface area contributed by atoms with E-state index in [-0.39, 0.29) is 23.6 Å². The van der Waals surface area contributed by atoms with Crippen LogP contribution >= 0.6 is 0 Å². The Morgan fingerprint density at radius 2 is 1.95 bits per heavy atom. The van der Waals surface area contributed by atoms with Crippen molar-refractivity contribution in [3.05, 3.63) is 41.8 Å². The third-order valence-corrected chi connectivity index (χ3v) is 3.85. The Morgan fingerprint density at radius 3 is 2.59 bits per heavy atom. The number of carbonyl (C=O) groups is 2. The van der Waals surface area contributed by atoms with Gasteiger partial charge in [-0.1, -0.05) is 18.2 Å². The van der Waals surface area contributed by atoms with Crippen LogP contribution < -0.4 is 5.32 Å². The molecule has 2 N–H and O–H groups in total. The fourth-order valence-electron chi connectivity index (χ4n) is 2.50. The minimum Gasteiger partial charge on any atom is -0.481 e. The second kappa shape index (κ2) is 5.63. The van der Waals surface area contributed by atoms with Crippen molar-refractivity contribution < 1.29 is 19.1 Å². The normalized spacial score (nSPS) is 20.2. The van der Waals surface area contributed by atoms with E-state index in [9.17, 15) is 9.59 Å². The maximum Gasteiger partial charge on any atom is 0.306 e. The molecule has 1 fully saturated rings. The van der Waals surface area contributed by atoms with Gasteiger partial charge >= 0.3 is 5.97 Å². The van der Waals surface area contributed by atoms with Crippen molar-refractivity contribution in [2.24, 2.45) is 5.92 Å². The molecule has 22 heavy (non-hydrogen) atoms. The smallest absolute Gasteiger partial charge is 0.306 e. The number of benzene rings is 1. The molecule has 3 rings (SSSR count). The van der Waals surface area contributed by atoms with Crippen molar-refractivity contribution in [2.45, 2.75) is 25.8 Å². The van der Waals surface area contributed by atoms with Gasteiger partial charge in [-0.3, -0.25) is 9.59 Å². The zero-order chi connectivity index (χ0) is 15.7. The van der Waals surface area contributed by atoms with Gasteiger partial charge in [0.1, 0.15) is 0 Å². The number of aryl methyl sites for hydroxylation is 1. The number of carbonyl (C=O) groups excluding carboxylic acids is 1. The highest BCUT2D eigenvalue weighted by Crippen LogP contribution is 2.28. The second-order valence-electron chi connectivity index (χ2n) is 5.48. The van der Waals surface area contributed by atoms with Crippen molar-refractivity contribution in [3.63, 3.8) is 0 Å². The minimum absolute atomic E-state index is 0.113. The van der Waals surface area contributed by atoms with Gasteiger partial charge in [-0.25, -0.2) is 4.98 Å². The second-order valence-corrected chi connectivity index (χ2v) is 5.48. The van der Waals surface area contributed by atoms with E-state index < -0.39 is 5.97 Å². The Morgan fingerprint density at radius 1 is 1.27 bits per heavy atom. The molecule has 1 saturated carbocycles. The number of aromatic nitrogens is 1. The Hall–Kier alpha value is -2.63. The molecule has 1 aromatic carbocycles. The molecule has 114 valence electrons. The summed E-state index contributed by atoms with van der Waals surface area (Å²) in [6, 6.07) is 9.23. The molecule has 1 amide bonds. The van der Waals surface area contributed by atoms with Gasteiger partial charge in [0.05, 0.1) is 11.6 Å². The summed E-state index contributed by atoms with van der Waals surface area (Å²) in [5.41, 5.74) is 1.32.